The van der Waals surface area contributed by atoms with Gasteiger partial charge in [0, 0.05) is 54.5 Å². The fraction of sp³-hybridized carbons (Fsp3) is 0.241. The Morgan fingerprint density at radius 1 is 1.00 bits per heavy atom. The first-order valence-electron chi connectivity index (χ1n) is 12.5. The third-order valence-corrected chi connectivity index (χ3v) is 7.58. The van der Waals surface area contributed by atoms with E-state index in [1.165, 1.54) is 4.90 Å². The average Bonchev–Trinajstić information content (AvgIpc) is 2.92. The second-order valence-electron chi connectivity index (χ2n) is 9.15. The molecule has 2 heterocycles. The fourth-order valence-electron chi connectivity index (χ4n) is 4.61. The van der Waals surface area contributed by atoms with Crippen molar-refractivity contribution in [3.05, 3.63) is 93.6 Å². The van der Waals surface area contributed by atoms with Crippen LogP contribution in [0.1, 0.15) is 5.56 Å². The van der Waals surface area contributed by atoms with Crippen molar-refractivity contribution in [3.63, 3.8) is 0 Å². The van der Waals surface area contributed by atoms with E-state index in [1.807, 2.05) is 54.6 Å². The Balaban J connectivity index is 1.17. The topological polar surface area (TPSA) is 65.1 Å². The number of nitrogens with one attached hydrogen (secondary N) is 1. The molecule has 3 aromatic rings. The van der Waals surface area contributed by atoms with Crippen molar-refractivity contribution in [3.8, 4) is 5.75 Å². The number of amides is 2. The van der Waals surface area contributed by atoms with Gasteiger partial charge in [-0.25, -0.2) is 0 Å². The summed E-state index contributed by atoms with van der Waals surface area (Å²) in [6.07, 6.45) is 1.69. The highest BCUT2D eigenvalue weighted by Crippen LogP contribution is 2.35. The number of carbonyl (C=O) groups is 2. The van der Waals surface area contributed by atoms with Crippen LogP contribution in [0.4, 0.5) is 11.4 Å². The molecule has 0 bridgehead atoms. The number of carbonyl (C=O) groups excluding carboxylic acids is 2. The molecule has 0 saturated carbocycles. The number of rotatable bonds is 7. The summed E-state index contributed by atoms with van der Waals surface area (Å²) in [4.78, 5) is 32.4. The summed E-state index contributed by atoms with van der Waals surface area (Å²) in [5.41, 5.74) is 2.53. The minimum absolute atomic E-state index is 0.0882. The lowest BCUT2D eigenvalue weighted by Gasteiger charge is -2.36. The van der Waals surface area contributed by atoms with E-state index in [0.717, 1.165) is 53.5 Å². The van der Waals surface area contributed by atoms with Crippen molar-refractivity contribution in [2.75, 3.05) is 55.6 Å². The van der Waals surface area contributed by atoms with Gasteiger partial charge in [0.15, 0.2) is 11.5 Å². The summed E-state index contributed by atoms with van der Waals surface area (Å²) in [5, 5.41) is 3.72. The van der Waals surface area contributed by atoms with Crippen LogP contribution in [0.3, 0.4) is 0 Å². The zero-order valence-electron chi connectivity index (χ0n) is 20.8. The highest BCUT2D eigenvalue weighted by molar-refractivity contribution is 9.10. The van der Waals surface area contributed by atoms with Gasteiger partial charge in [-0.05, 0) is 48.0 Å². The van der Waals surface area contributed by atoms with Gasteiger partial charge in [0.25, 0.3) is 5.91 Å². The summed E-state index contributed by atoms with van der Waals surface area (Å²) in [6.45, 7) is 4.78. The molecule has 5 rings (SSSR count). The van der Waals surface area contributed by atoms with E-state index < -0.39 is 0 Å². The van der Waals surface area contributed by atoms with Gasteiger partial charge in [0.1, 0.15) is 6.54 Å². The first-order valence-corrected chi connectivity index (χ1v) is 13.7. The lowest BCUT2D eigenvalue weighted by atomic mass is 10.1. The lowest BCUT2D eigenvalue weighted by Crippen LogP contribution is -2.49. The summed E-state index contributed by atoms with van der Waals surface area (Å²) >= 11 is 9.64. The van der Waals surface area contributed by atoms with Gasteiger partial charge in [-0.1, -0.05) is 63.9 Å². The smallest absolute Gasteiger partial charge is 0.294 e. The molecule has 0 radical (unpaired) electrons. The zero-order chi connectivity index (χ0) is 26.5. The van der Waals surface area contributed by atoms with Crippen molar-refractivity contribution < 1.29 is 14.3 Å². The van der Waals surface area contributed by atoms with E-state index in [-0.39, 0.29) is 24.1 Å². The van der Waals surface area contributed by atoms with Crippen LogP contribution in [0.2, 0.25) is 5.02 Å². The van der Waals surface area contributed by atoms with Crippen molar-refractivity contribution in [1.29, 1.82) is 0 Å². The predicted molar refractivity (Wildman–Crippen MR) is 155 cm³/mol. The van der Waals surface area contributed by atoms with Gasteiger partial charge < -0.3 is 15.0 Å². The Morgan fingerprint density at radius 3 is 2.55 bits per heavy atom. The average molecular weight is 596 g/mol. The molecule has 196 valence electrons. The number of halogens is 2. The number of hydrogen-bond acceptors (Lipinski definition) is 5. The third kappa shape index (κ3) is 6.20. The van der Waals surface area contributed by atoms with Gasteiger partial charge in [-0.3, -0.25) is 19.4 Å². The Hall–Kier alpha value is -3.33. The van der Waals surface area contributed by atoms with E-state index in [9.17, 15) is 9.59 Å². The van der Waals surface area contributed by atoms with Crippen LogP contribution >= 0.6 is 27.5 Å². The number of piperazine rings is 1. The van der Waals surface area contributed by atoms with Gasteiger partial charge >= 0.3 is 0 Å². The van der Waals surface area contributed by atoms with Crippen LogP contribution in [0.5, 0.6) is 5.75 Å². The van der Waals surface area contributed by atoms with E-state index in [4.69, 9.17) is 16.3 Å². The van der Waals surface area contributed by atoms with Crippen LogP contribution in [-0.2, 0) is 9.59 Å². The molecular formula is C29H28BrClN4O3. The molecule has 1 fully saturated rings. The Morgan fingerprint density at radius 2 is 1.76 bits per heavy atom. The Bertz CT molecular complexity index is 1360. The molecule has 2 amide bonds. The monoisotopic (exact) mass is 594 g/mol. The second-order valence-corrected chi connectivity index (χ2v) is 10.4. The second kappa shape index (κ2) is 12.0. The van der Waals surface area contributed by atoms with E-state index >= 15 is 0 Å². The van der Waals surface area contributed by atoms with E-state index in [0.29, 0.717) is 18.0 Å². The number of hydrogen-bond donors (Lipinski definition) is 1. The van der Waals surface area contributed by atoms with Crippen molar-refractivity contribution in [2.45, 2.75) is 0 Å². The fourth-order valence-corrected chi connectivity index (χ4v) is 5.19. The molecule has 0 atom stereocenters. The third-order valence-electron chi connectivity index (χ3n) is 6.62. The molecule has 9 heteroatoms. The van der Waals surface area contributed by atoms with Crippen LogP contribution in [-0.4, -0.2) is 62.5 Å². The van der Waals surface area contributed by atoms with Crippen LogP contribution in [0.15, 0.2) is 83.0 Å². The highest BCUT2D eigenvalue weighted by atomic mass is 79.9. The van der Waals surface area contributed by atoms with E-state index in [1.54, 1.807) is 18.2 Å². The Kier molecular flexibility index (Phi) is 8.32. The molecular weight excluding hydrogens is 568 g/mol. The van der Waals surface area contributed by atoms with Crippen LogP contribution in [0.25, 0.3) is 6.08 Å². The summed E-state index contributed by atoms with van der Waals surface area (Å²) < 4.78 is 6.77. The first kappa shape index (κ1) is 26.3. The van der Waals surface area contributed by atoms with Gasteiger partial charge in [-0.15, -0.1) is 0 Å². The lowest BCUT2D eigenvalue weighted by molar-refractivity contribution is -0.123. The van der Waals surface area contributed by atoms with Crippen molar-refractivity contribution in [1.82, 2.24) is 10.2 Å². The molecule has 2 aliphatic heterocycles. The van der Waals surface area contributed by atoms with Crippen molar-refractivity contribution >= 4 is 56.8 Å². The summed E-state index contributed by atoms with van der Waals surface area (Å²) in [7, 11) is 0. The maximum Gasteiger partial charge on any atom is 0.294 e. The minimum Gasteiger partial charge on any atom is -0.449 e. The number of para-hydroxylation sites is 2. The molecule has 3 aromatic carbocycles. The number of benzene rings is 3. The summed E-state index contributed by atoms with van der Waals surface area (Å²) in [6, 6.07) is 22.7. The molecule has 1 saturated heterocycles. The molecule has 0 aromatic heterocycles. The SMILES string of the molecule is O=C(CN1C(=O)C(=Cc2ccccc2Br)Oc2ccccc21)NCCN1CCN(c2cccc(Cl)c2)CC1. The minimum atomic E-state index is -0.355. The van der Waals surface area contributed by atoms with Crippen LogP contribution in [0, 0.1) is 0 Å². The Labute approximate surface area is 235 Å². The number of anilines is 2. The normalized spacial score (nSPS) is 16.8. The zero-order valence-corrected chi connectivity index (χ0v) is 23.1. The first-order chi connectivity index (χ1) is 18.5. The maximum absolute atomic E-state index is 13.3. The van der Waals surface area contributed by atoms with Gasteiger partial charge in [0.05, 0.1) is 5.69 Å². The molecule has 2 aliphatic rings. The predicted octanol–water partition coefficient (Wildman–Crippen LogP) is 4.81. The van der Waals surface area contributed by atoms with Gasteiger partial charge in [-0.2, -0.15) is 0 Å². The quantitative estimate of drug-likeness (QED) is 0.398. The molecule has 0 unspecified atom stereocenters. The highest BCUT2D eigenvalue weighted by Gasteiger charge is 2.31. The molecule has 7 nitrogen and oxygen atoms in total. The van der Waals surface area contributed by atoms with Crippen LogP contribution < -0.4 is 19.9 Å². The van der Waals surface area contributed by atoms with Crippen molar-refractivity contribution in [2.24, 2.45) is 0 Å². The molecule has 0 spiro atoms. The number of fused-ring (bicyclic) bond motifs is 1. The molecule has 38 heavy (non-hydrogen) atoms. The number of ether oxygens (including phenoxy) is 1. The molecule has 0 aliphatic carbocycles. The largest absolute Gasteiger partial charge is 0.449 e. The van der Waals surface area contributed by atoms with Gasteiger partial charge in [0.2, 0.25) is 5.91 Å². The standard InChI is InChI=1S/C29H28BrClN4O3/c30-24-9-2-1-6-21(24)18-27-29(37)35(25-10-3-4-11-26(25)38-27)20-28(36)32-12-13-33-14-16-34(17-15-33)23-8-5-7-22(31)19-23/h1-11,18-19H,12-17,20H2,(H,32,36). The molecule has 1 N–H and O–H groups in total. The number of nitrogens with zero attached hydrogens (tertiary/aromatic N) is 3. The maximum atomic E-state index is 13.3. The summed E-state index contributed by atoms with van der Waals surface area (Å²) in [5.74, 6) is 0.136. The van der Waals surface area contributed by atoms with E-state index in [2.05, 4.69) is 37.1 Å².